The first-order valence-corrected chi connectivity index (χ1v) is 15.4. The first-order valence-electron chi connectivity index (χ1n) is 14.6. The van der Waals surface area contributed by atoms with Crippen LogP contribution < -0.4 is 19.1 Å². The van der Waals surface area contributed by atoms with Gasteiger partial charge in [-0.1, -0.05) is 0 Å². The Hall–Kier alpha value is -4.12. The van der Waals surface area contributed by atoms with Gasteiger partial charge >= 0.3 is 0 Å². The molecule has 0 saturated carbocycles. The highest BCUT2D eigenvalue weighted by Gasteiger charge is 2.29. The SMILES string of the molecule is COc1ccc(C(=O)CCC(=O)N2CCC(c3nc(C(=O)N4CCN(c5ccc(OC)cc5OC)CC4)cs3)CC2)cc1. The molecule has 0 atom stereocenters. The van der Waals surface area contributed by atoms with Gasteiger partial charge in [-0.15, -0.1) is 11.3 Å². The Bertz CT molecular complexity index is 1430. The summed E-state index contributed by atoms with van der Waals surface area (Å²) in [7, 11) is 4.86. The molecule has 11 heteroatoms. The van der Waals surface area contributed by atoms with Crippen molar-refractivity contribution in [3.8, 4) is 17.2 Å². The monoisotopic (exact) mass is 606 g/mol. The second-order valence-electron chi connectivity index (χ2n) is 10.7. The lowest BCUT2D eigenvalue weighted by Gasteiger charge is -2.36. The van der Waals surface area contributed by atoms with Crippen molar-refractivity contribution in [2.45, 2.75) is 31.6 Å². The normalized spacial score (nSPS) is 15.7. The van der Waals surface area contributed by atoms with E-state index in [1.54, 1.807) is 45.6 Å². The lowest BCUT2D eigenvalue weighted by Crippen LogP contribution is -2.49. The van der Waals surface area contributed by atoms with Crippen LogP contribution in [0.15, 0.2) is 47.8 Å². The smallest absolute Gasteiger partial charge is 0.273 e. The number of amides is 2. The van der Waals surface area contributed by atoms with Crippen LogP contribution in [0, 0.1) is 0 Å². The predicted octanol–water partition coefficient (Wildman–Crippen LogP) is 4.50. The molecule has 2 aromatic carbocycles. The summed E-state index contributed by atoms with van der Waals surface area (Å²) in [5, 5.41) is 2.81. The molecule has 0 radical (unpaired) electrons. The minimum Gasteiger partial charge on any atom is -0.497 e. The average molecular weight is 607 g/mol. The van der Waals surface area contributed by atoms with Crippen molar-refractivity contribution in [2.75, 3.05) is 65.5 Å². The van der Waals surface area contributed by atoms with Gasteiger partial charge in [0.15, 0.2) is 5.78 Å². The standard InChI is InChI=1S/C32H38N4O6S/c1-40-24-6-4-22(5-7-24)28(37)10-11-30(38)35-14-12-23(13-15-35)31-33-26(21-43-31)32(39)36-18-16-34(17-19-36)27-9-8-25(41-2)20-29(27)42-3/h4-9,20-21,23H,10-19H2,1-3H3. The van der Waals surface area contributed by atoms with E-state index in [1.807, 2.05) is 33.4 Å². The number of benzene rings is 2. The maximum Gasteiger partial charge on any atom is 0.273 e. The summed E-state index contributed by atoms with van der Waals surface area (Å²) in [5.41, 5.74) is 2.06. The number of hydrogen-bond donors (Lipinski definition) is 0. The molecule has 1 aromatic heterocycles. The number of carbonyl (C=O) groups is 3. The number of carbonyl (C=O) groups excluding carboxylic acids is 3. The Balaban J connectivity index is 1.08. The number of hydrogen-bond acceptors (Lipinski definition) is 9. The zero-order chi connectivity index (χ0) is 30.3. The number of methoxy groups -OCH3 is 3. The van der Waals surface area contributed by atoms with Gasteiger partial charge in [0.25, 0.3) is 5.91 Å². The first-order chi connectivity index (χ1) is 20.9. The zero-order valence-electron chi connectivity index (χ0n) is 24.9. The minimum absolute atomic E-state index is 0.00159. The van der Waals surface area contributed by atoms with Crippen LogP contribution in [-0.4, -0.2) is 93.0 Å². The van der Waals surface area contributed by atoms with Crippen molar-refractivity contribution in [1.29, 1.82) is 0 Å². The maximum absolute atomic E-state index is 13.3. The lowest BCUT2D eigenvalue weighted by molar-refractivity contribution is -0.132. The molecule has 2 amide bonds. The van der Waals surface area contributed by atoms with Gasteiger partial charge in [0, 0.05) is 75.0 Å². The summed E-state index contributed by atoms with van der Waals surface area (Å²) in [6, 6.07) is 12.7. The number of piperidine rings is 1. The van der Waals surface area contributed by atoms with Crippen LogP contribution in [0.3, 0.4) is 0 Å². The van der Waals surface area contributed by atoms with Crippen LogP contribution in [0.25, 0.3) is 0 Å². The van der Waals surface area contributed by atoms with Crippen molar-refractivity contribution in [3.63, 3.8) is 0 Å². The fraction of sp³-hybridized carbons (Fsp3) is 0.438. The second kappa shape index (κ2) is 13.9. The number of likely N-dealkylation sites (tertiary alicyclic amines) is 1. The van der Waals surface area contributed by atoms with E-state index in [2.05, 4.69) is 4.90 Å². The molecule has 228 valence electrons. The molecule has 0 N–H and O–H groups in total. The van der Waals surface area contributed by atoms with E-state index in [0.29, 0.717) is 56.3 Å². The highest BCUT2D eigenvalue weighted by atomic mass is 32.1. The number of Topliss-reactive ketones (excluding diaryl/α,β-unsaturated/α-hetero) is 1. The van der Waals surface area contributed by atoms with Crippen LogP contribution >= 0.6 is 11.3 Å². The van der Waals surface area contributed by atoms with Crippen LogP contribution in [-0.2, 0) is 4.79 Å². The second-order valence-corrected chi connectivity index (χ2v) is 11.6. The molecule has 2 saturated heterocycles. The summed E-state index contributed by atoms with van der Waals surface area (Å²) in [6.07, 6.45) is 1.97. The van der Waals surface area contributed by atoms with E-state index >= 15 is 0 Å². The molecule has 2 aliphatic heterocycles. The molecule has 43 heavy (non-hydrogen) atoms. The summed E-state index contributed by atoms with van der Waals surface area (Å²) in [6.45, 7) is 3.84. The lowest BCUT2D eigenvalue weighted by atomic mass is 9.97. The third-order valence-corrected chi connectivity index (χ3v) is 9.22. The molecule has 0 unspecified atom stereocenters. The number of aromatic nitrogens is 1. The van der Waals surface area contributed by atoms with Gasteiger partial charge in [-0.3, -0.25) is 14.4 Å². The van der Waals surface area contributed by atoms with Crippen LogP contribution in [0.2, 0.25) is 0 Å². The first kappa shape index (κ1) is 30.3. The Kier molecular flexibility index (Phi) is 9.81. The average Bonchev–Trinajstić information content (AvgIpc) is 3.57. The van der Waals surface area contributed by atoms with Crippen molar-refractivity contribution in [2.24, 2.45) is 0 Å². The third kappa shape index (κ3) is 7.10. The fourth-order valence-electron chi connectivity index (χ4n) is 5.61. The molecule has 5 rings (SSSR count). The molecule has 0 aliphatic carbocycles. The van der Waals surface area contributed by atoms with Crippen LogP contribution in [0.1, 0.15) is 57.5 Å². The minimum atomic E-state index is -0.0484. The highest BCUT2D eigenvalue weighted by Crippen LogP contribution is 2.34. The summed E-state index contributed by atoms with van der Waals surface area (Å²) < 4.78 is 16.0. The van der Waals surface area contributed by atoms with Gasteiger partial charge in [-0.25, -0.2) is 4.98 Å². The molecule has 3 aromatic rings. The van der Waals surface area contributed by atoms with Crippen molar-refractivity contribution in [1.82, 2.24) is 14.8 Å². The summed E-state index contributed by atoms with van der Waals surface area (Å²) in [5.74, 6) is 2.31. The molecular formula is C32H38N4O6S. The third-order valence-electron chi connectivity index (χ3n) is 8.21. The molecule has 2 fully saturated rings. The van der Waals surface area contributed by atoms with Crippen LogP contribution in [0.4, 0.5) is 5.69 Å². The van der Waals surface area contributed by atoms with Crippen LogP contribution in [0.5, 0.6) is 17.2 Å². The Morgan fingerprint density at radius 2 is 1.49 bits per heavy atom. The van der Waals surface area contributed by atoms with E-state index in [0.717, 1.165) is 35.0 Å². The molecule has 3 heterocycles. The van der Waals surface area contributed by atoms with E-state index in [9.17, 15) is 14.4 Å². The largest absolute Gasteiger partial charge is 0.497 e. The molecule has 0 spiro atoms. The number of ketones is 1. The number of nitrogens with zero attached hydrogens (tertiary/aromatic N) is 4. The maximum atomic E-state index is 13.3. The van der Waals surface area contributed by atoms with Gasteiger partial charge in [-0.2, -0.15) is 0 Å². The quantitative estimate of drug-likeness (QED) is 0.311. The van der Waals surface area contributed by atoms with Gasteiger partial charge in [0.05, 0.1) is 32.0 Å². The Morgan fingerprint density at radius 3 is 2.14 bits per heavy atom. The predicted molar refractivity (Wildman–Crippen MR) is 165 cm³/mol. The van der Waals surface area contributed by atoms with Crippen molar-refractivity contribution in [3.05, 3.63) is 64.1 Å². The van der Waals surface area contributed by atoms with Gasteiger partial charge in [0.1, 0.15) is 22.9 Å². The zero-order valence-corrected chi connectivity index (χ0v) is 25.7. The number of ether oxygens (including phenoxy) is 3. The van der Waals surface area contributed by atoms with Gasteiger partial charge < -0.3 is 28.9 Å². The molecule has 0 bridgehead atoms. The summed E-state index contributed by atoms with van der Waals surface area (Å²) in [4.78, 5) is 49.2. The number of thiazole rings is 1. The van der Waals surface area contributed by atoms with E-state index < -0.39 is 0 Å². The fourth-order valence-corrected chi connectivity index (χ4v) is 6.57. The Morgan fingerprint density at radius 1 is 0.814 bits per heavy atom. The molecular weight excluding hydrogens is 568 g/mol. The number of anilines is 1. The number of piperazine rings is 1. The van der Waals surface area contributed by atoms with E-state index in [4.69, 9.17) is 19.2 Å². The molecule has 10 nitrogen and oxygen atoms in total. The molecule has 2 aliphatic rings. The number of rotatable bonds is 10. The van der Waals surface area contributed by atoms with Crippen molar-refractivity contribution < 1.29 is 28.6 Å². The highest BCUT2D eigenvalue weighted by molar-refractivity contribution is 7.09. The van der Waals surface area contributed by atoms with Gasteiger partial charge in [0.2, 0.25) is 5.91 Å². The topological polar surface area (TPSA) is 102 Å². The summed E-state index contributed by atoms with van der Waals surface area (Å²) >= 11 is 1.52. The van der Waals surface area contributed by atoms with Crippen molar-refractivity contribution >= 4 is 34.6 Å². The van der Waals surface area contributed by atoms with Gasteiger partial charge in [-0.05, 0) is 49.2 Å². The Labute approximate surface area is 256 Å². The van der Waals surface area contributed by atoms with E-state index in [-0.39, 0.29) is 36.4 Å². The van der Waals surface area contributed by atoms with E-state index in [1.165, 1.54) is 11.3 Å².